The topological polar surface area (TPSA) is 24.5 Å². The molecule has 0 aromatic heterocycles. The lowest BCUT2D eigenvalue weighted by atomic mass is 10.1. The predicted octanol–water partition coefficient (Wildman–Crippen LogP) is 2.22. The Labute approximate surface area is 110 Å². The predicted molar refractivity (Wildman–Crippen MR) is 75.2 cm³/mol. The van der Waals surface area contributed by atoms with Crippen LogP contribution in [0.3, 0.4) is 0 Å². The smallest absolute Gasteiger partial charge is 0.119 e. The third-order valence-corrected chi connectivity index (χ3v) is 3.99. The van der Waals surface area contributed by atoms with E-state index in [2.05, 4.69) is 49.3 Å². The first kappa shape index (κ1) is 13.4. The Morgan fingerprint density at radius 2 is 2.17 bits per heavy atom. The van der Waals surface area contributed by atoms with E-state index in [0.29, 0.717) is 12.1 Å². The van der Waals surface area contributed by atoms with Crippen molar-refractivity contribution >= 4 is 0 Å². The summed E-state index contributed by atoms with van der Waals surface area (Å²) in [6.45, 7) is 6.46. The van der Waals surface area contributed by atoms with Gasteiger partial charge in [0.05, 0.1) is 7.11 Å². The van der Waals surface area contributed by atoms with Crippen molar-refractivity contribution < 1.29 is 4.74 Å². The fourth-order valence-corrected chi connectivity index (χ4v) is 2.84. The summed E-state index contributed by atoms with van der Waals surface area (Å²) >= 11 is 0. The normalized spacial score (nSPS) is 22.3. The van der Waals surface area contributed by atoms with Crippen LogP contribution in [0.25, 0.3) is 0 Å². The van der Waals surface area contributed by atoms with Gasteiger partial charge in [0, 0.05) is 12.1 Å². The Bertz CT molecular complexity index is 405. The van der Waals surface area contributed by atoms with Gasteiger partial charge in [0.2, 0.25) is 0 Å². The van der Waals surface area contributed by atoms with Crippen LogP contribution in [0.15, 0.2) is 18.2 Å². The van der Waals surface area contributed by atoms with Gasteiger partial charge in [0.25, 0.3) is 0 Å². The van der Waals surface area contributed by atoms with E-state index in [0.717, 1.165) is 25.3 Å². The molecule has 100 valence electrons. The Balaban J connectivity index is 2.31. The van der Waals surface area contributed by atoms with Crippen molar-refractivity contribution in [3.8, 4) is 5.75 Å². The van der Waals surface area contributed by atoms with Gasteiger partial charge in [0.15, 0.2) is 0 Å². The summed E-state index contributed by atoms with van der Waals surface area (Å²) in [6, 6.07) is 7.44. The number of nitrogens with one attached hydrogen (secondary N) is 1. The maximum Gasteiger partial charge on any atom is 0.119 e. The monoisotopic (exact) mass is 248 g/mol. The summed E-state index contributed by atoms with van der Waals surface area (Å²) in [5, 5.41) is 3.62. The van der Waals surface area contributed by atoms with E-state index in [9.17, 15) is 0 Å². The number of benzene rings is 1. The van der Waals surface area contributed by atoms with Gasteiger partial charge in [-0.1, -0.05) is 19.9 Å². The maximum absolute atomic E-state index is 5.35. The van der Waals surface area contributed by atoms with Crippen LogP contribution >= 0.6 is 0 Å². The van der Waals surface area contributed by atoms with Gasteiger partial charge in [-0.05, 0) is 49.8 Å². The van der Waals surface area contributed by atoms with Crippen molar-refractivity contribution in [3.63, 3.8) is 0 Å². The molecule has 0 aliphatic heterocycles. The Morgan fingerprint density at radius 1 is 1.39 bits per heavy atom. The van der Waals surface area contributed by atoms with Crippen LogP contribution in [0.1, 0.15) is 31.0 Å². The molecule has 18 heavy (non-hydrogen) atoms. The van der Waals surface area contributed by atoms with Gasteiger partial charge in [-0.3, -0.25) is 0 Å². The van der Waals surface area contributed by atoms with E-state index in [1.54, 1.807) is 7.11 Å². The van der Waals surface area contributed by atoms with Crippen molar-refractivity contribution in [2.24, 2.45) is 0 Å². The highest BCUT2D eigenvalue weighted by Gasteiger charge is 2.34. The molecule has 1 aliphatic rings. The third-order valence-electron chi connectivity index (χ3n) is 3.99. The number of rotatable bonds is 5. The molecule has 1 aromatic rings. The molecular formula is C15H24N2O. The molecule has 0 fully saturated rings. The Hall–Kier alpha value is -1.06. The maximum atomic E-state index is 5.35. The van der Waals surface area contributed by atoms with Gasteiger partial charge in [-0.15, -0.1) is 0 Å². The molecule has 0 saturated heterocycles. The van der Waals surface area contributed by atoms with E-state index < -0.39 is 0 Å². The van der Waals surface area contributed by atoms with Crippen LogP contribution in [0, 0.1) is 0 Å². The van der Waals surface area contributed by atoms with Crippen molar-refractivity contribution in [2.75, 3.05) is 27.2 Å². The average molecular weight is 248 g/mol. The zero-order valence-electron chi connectivity index (χ0n) is 11.9. The second kappa shape index (κ2) is 5.72. The SMILES string of the molecule is CCNC1c2cc(OC)ccc2CC1N(C)CC. The fourth-order valence-electron chi connectivity index (χ4n) is 2.84. The molecule has 0 heterocycles. The van der Waals surface area contributed by atoms with E-state index in [1.165, 1.54) is 11.1 Å². The molecule has 0 amide bonds. The largest absolute Gasteiger partial charge is 0.497 e. The second-order valence-corrected chi connectivity index (χ2v) is 4.94. The van der Waals surface area contributed by atoms with Crippen molar-refractivity contribution in [2.45, 2.75) is 32.4 Å². The van der Waals surface area contributed by atoms with E-state index in [4.69, 9.17) is 4.74 Å². The van der Waals surface area contributed by atoms with E-state index >= 15 is 0 Å². The number of hydrogen-bond donors (Lipinski definition) is 1. The van der Waals surface area contributed by atoms with Gasteiger partial charge in [0.1, 0.15) is 5.75 Å². The number of hydrogen-bond acceptors (Lipinski definition) is 3. The average Bonchev–Trinajstić information content (AvgIpc) is 2.76. The van der Waals surface area contributed by atoms with Crippen molar-refractivity contribution in [1.29, 1.82) is 0 Å². The zero-order valence-corrected chi connectivity index (χ0v) is 11.9. The molecule has 1 aliphatic carbocycles. The summed E-state index contributed by atoms with van der Waals surface area (Å²) < 4.78 is 5.35. The summed E-state index contributed by atoms with van der Waals surface area (Å²) in [5.74, 6) is 0.955. The van der Waals surface area contributed by atoms with Crippen LogP contribution in [-0.2, 0) is 6.42 Å². The van der Waals surface area contributed by atoms with Crippen LogP contribution < -0.4 is 10.1 Å². The fraction of sp³-hybridized carbons (Fsp3) is 0.600. The van der Waals surface area contributed by atoms with E-state index in [-0.39, 0.29) is 0 Å². The number of nitrogens with zero attached hydrogens (tertiary/aromatic N) is 1. The lowest BCUT2D eigenvalue weighted by Crippen LogP contribution is -2.40. The van der Waals surface area contributed by atoms with Gasteiger partial charge in [-0.2, -0.15) is 0 Å². The van der Waals surface area contributed by atoms with Crippen LogP contribution in [-0.4, -0.2) is 38.2 Å². The minimum absolute atomic E-state index is 0.421. The first-order chi connectivity index (χ1) is 8.71. The second-order valence-electron chi connectivity index (χ2n) is 4.94. The third kappa shape index (κ3) is 2.38. The molecule has 0 bridgehead atoms. The lowest BCUT2D eigenvalue weighted by Gasteiger charge is -2.29. The quantitative estimate of drug-likeness (QED) is 0.865. The molecule has 0 radical (unpaired) electrons. The Kier molecular flexibility index (Phi) is 4.25. The van der Waals surface area contributed by atoms with Crippen molar-refractivity contribution in [3.05, 3.63) is 29.3 Å². The molecule has 1 aromatic carbocycles. The highest BCUT2D eigenvalue weighted by Crippen LogP contribution is 2.36. The van der Waals surface area contributed by atoms with Crippen molar-refractivity contribution in [1.82, 2.24) is 10.2 Å². The number of fused-ring (bicyclic) bond motifs is 1. The van der Waals surface area contributed by atoms with Gasteiger partial charge >= 0.3 is 0 Å². The zero-order chi connectivity index (χ0) is 13.1. The Morgan fingerprint density at radius 3 is 2.78 bits per heavy atom. The molecule has 2 unspecified atom stereocenters. The molecule has 2 rings (SSSR count). The van der Waals surface area contributed by atoms with Gasteiger partial charge in [-0.25, -0.2) is 0 Å². The standard InChI is InChI=1S/C15H24N2O/c1-5-16-15-13-10-12(18-4)8-7-11(13)9-14(15)17(3)6-2/h7-8,10,14-16H,5-6,9H2,1-4H3. The van der Waals surface area contributed by atoms with Gasteiger partial charge < -0.3 is 15.0 Å². The number of ether oxygens (including phenoxy) is 1. The minimum Gasteiger partial charge on any atom is -0.497 e. The first-order valence-corrected chi connectivity index (χ1v) is 6.81. The van der Waals surface area contributed by atoms with Crippen LogP contribution in [0.2, 0.25) is 0 Å². The minimum atomic E-state index is 0.421. The summed E-state index contributed by atoms with van der Waals surface area (Å²) in [7, 11) is 3.94. The molecular weight excluding hydrogens is 224 g/mol. The highest BCUT2D eigenvalue weighted by molar-refractivity contribution is 5.42. The molecule has 1 N–H and O–H groups in total. The molecule has 3 nitrogen and oxygen atoms in total. The van der Waals surface area contributed by atoms with Crippen LogP contribution in [0.5, 0.6) is 5.75 Å². The molecule has 0 saturated carbocycles. The summed E-state index contributed by atoms with van der Waals surface area (Å²) in [4.78, 5) is 2.43. The lowest BCUT2D eigenvalue weighted by molar-refractivity contribution is 0.214. The molecule has 0 spiro atoms. The number of methoxy groups -OCH3 is 1. The summed E-state index contributed by atoms with van der Waals surface area (Å²) in [6.07, 6.45) is 1.13. The molecule has 3 heteroatoms. The van der Waals surface area contributed by atoms with Crippen LogP contribution in [0.4, 0.5) is 0 Å². The van der Waals surface area contributed by atoms with E-state index in [1.807, 2.05) is 0 Å². The summed E-state index contributed by atoms with van der Waals surface area (Å²) in [5.41, 5.74) is 2.86. The number of likely N-dealkylation sites (N-methyl/N-ethyl adjacent to an activating group) is 2. The first-order valence-electron chi connectivity index (χ1n) is 6.81. The highest BCUT2D eigenvalue weighted by atomic mass is 16.5. The molecule has 2 atom stereocenters.